The summed E-state index contributed by atoms with van der Waals surface area (Å²) in [6.45, 7) is 3.07. The summed E-state index contributed by atoms with van der Waals surface area (Å²) in [4.78, 5) is 9.27. The highest BCUT2D eigenvalue weighted by Gasteiger charge is 2.33. The maximum absolute atomic E-state index is 9.34. The Morgan fingerprint density at radius 3 is 2.77 bits per heavy atom. The maximum Gasteiger partial charge on any atom is 0.0991 e. The van der Waals surface area contributed by atoms with Gasteiger partial charge in [0.15, 0.2) is 0 Å². The second-order valence-corrected chi connectivity index (χ2v) is 8.50. The van der Waals surface area contributed by atoms with Crippen molar-refractivity contribution in [2.75, 3.05) is 6.54 Å². The molecule has 3 aromatic rings. The minimum absolute atomic E-state index is 0.550. The van der Waals surface area contributed by atoms with Gasteiger partial charge in [-0.2, -0.15) is 10.4 Å². The smallest absolute Gasteiger partial charge is 0.0991 e. The van der Waals surface area contributed by atoms with Gasteiger partial charge in [-0.25, -0.2) is 0 Å². The average molecular weight is 396 g/mol. The van der Waals surface area contributed by atoms with Gasteiger partial charge in [-0.05, 0) is 80.5 Å². The molecule has 2 aliphatic heterocycles. The summed E-state index contributed by atoms with van der Waals surface area (Å²) < 4.78 is 0. The van der Waals surface area contributed by atoms with Gasteiger partial charge >= 0.3 is 0 Å². The highest BCUT2D eigenvalue weighted by Crippen LogP contribution is 2.35. The summed E-state index contributed by atoms with van der Waals surface area (Å²) >= 11 is 0. The molecule has 2 saturated heterocycles. The number of fused-ring (bicyclic) bond motifs is 4. The van der Waals surface area contributed by atoms with Crippen LogP contribution in [0.1, 0.15) is 48.2 Å². The first kappa shape index (κ1) is 18.7. The van der Waals surface area contributed by atoms with E-state index in [4.69, 9.17) is 10.1 Å². The van der Waals surface area contributed by atoms with E-state index in [1.165, 1.54) is 25.7 Å². The van der Waals surface area contributed by atoms with E-state index in [1.54, 1.807) is 0 Å². The van der Waals surface area contributed by atoms with Crippen molar-refractivity contribution in [1.82, 2.24) is 15.0 Å². The Morgan fingerprint density at radius 2 is 2.03 bits per heavy atom. The standard InChI is InChI=1S/C25H25N5/c1-17-3-2-4-24(28-17)25(29-30-16-18-5-8-21(30)9-6-18)14-20-11-12-27-23-10-7-19(15-26)13-22(20)23/h2-4,7,10-13,18,21H,5-6,8-9,14,16H2,1H3/b29-25-. The molecule has 0 radical (unpaired) electrons. The molecule has 1 aromatic carbocycles. The molecule has 3 aliphatic rings. The second kappa shape index (κ2) is 7.87. The summed E-state index contributed by atoms with van der Waals surface area (Å²) in [6, 6.07) is 16.6. The number of aromatic nitrogens is 2. The molecule has 0 spiro atoms. The average Bonchev–Trinajstić information content (AvgIpc) is 2.79. The lowest BCUT2D eigenvalue weighted by Gasteiger charge is -2.44. The minimum Gasteiger partial charge on any atom is -0.293 e. The van der Waals surface area contributed by atoms with Gasteiger partial charge in [0.2, 0.25) is 0 Å². The maximum atomic E-state index is 9.34. The molecule has 1 saturated carbocycles. The highest BCUT2D eigenvalue weighted by atomic mass is 15.5. The van der Waals surface area contributed by atoms with Crippen LogP contribution in [0.5, 0.6) is 0 Å². The van der Waals surface area contributed by atoms with Crippen LogP contribution in [0.2, 0.25) is 0 Å². The van der Waals surface area contributed by atoms with Crippen molar-refractivity contribution in [3.8, 4) is 6.07 Å². The lowest BCUT2D eigenvalue weighted by molar-refractivity contribution is 0.0518. The van der Waals surface area contributed by atoms with Crippen molar-refractivity contribution in [2.24, 2.45) is 11.0 Å². The van der Waals surface area contributed by atoms with Crippen molar-refractivity contribution in [3.05, 3.63) is 71.2 Å². The SMILES string of the molecule is Cc1cccc(/C(Cc2ccnc3ccc(C#N)cc23)=N\N2CC3CCC2CC3)n1. The molecule has 0 unspecified atom stereocenters. The van der Waals surface area contributed by atoms with E-state index < -0.39 is 0 Å². The third-order valence-corrected chi connectivity index (χ3v) is 6.44. The zero-order valence-corrected chi connectivity index (χ0v) is 17.3. The van der Waals surface area contributed by atoms with E-state index in [1.807, 2.05) is 49.5 Å². The molecular formula is C25H25N5. The van der Waals surface area contributed by atoms with Crippen molar-refractivity contribution in [1.29, 1.82) is 5.26 Å². The summed E-state index contributed by atoms with van der Waals surface area (Å²) in [5.41, 5.74) is 5.59. The minimum atomic E-state index is 0.550. The zero-order valence-electron chi connectivity index (χ0n) is 17.3. The summed E-state index contributed by atoms with van der Waals surface area (Å²) in [7, 11) is 0. The van der Waals surface area contributed by atoms with E-state index in [9.17, 15) is 5.26 Å². The van der Waals surface area contributed by atoms with Gasteiger partial charge in [0, 0.05) is 36.3 Å². The Morgan fingerprint density at radius 1 is 1.17 bits per heavy atom. The second-order valence-electron chi connectivity index (χ2n) is 8.50. The Hall–Kier alpha value is -3.26. The normalized spacial score (nSPS) is 21.1. The van der Waals surface area contributed by atoms with Gasteiger partial charge in [0.25, 0.3) is 0 Å². The molecule has 1 aliphatic carbocycles. The lowest BCUT2D eigenvalue weighted by Crippen LogP contribution is -2.45. The quantitative estimate of drug-likeness (QED) is 0.604. The van der Waals surface area contributed by atoms with E-state index in [0.29, 0.717) is 18.0 Å². The summed E-state index contributed by atoms with van der Waals surface area (Å²) in [6.07, 6.45) is 7.66. The van der Waals surface area contributed by atoms with Gasteiger partial charge in [0.05, 0.1) is 28.6 Å². The molecule has 6 rings (SSSR count). The number of hydrogen-bond donors (Lipinski definition) is 0. The van der Waals surface area contributed by atoms with Crippen LogP contribution in [-0.2, 0) is 6.42 Å². The molecule has 150 valence electrons. The van der Waals surface area contributed by atoms with Crippen LogP contribution in [-0.4, -0.2) is 33.3 Å². The molecule has 0 atom stereocenters. The molecule has 5 heteroatoms. The first-order valence-corrected chi connectivity index (χ1v) is 10.8. The van der Waals surface area contributed by atoms with Crippen LogP contribution in [0.4, 0.5) is 0 Å². The van der Waals surface area contributed by atoms with Gasteiger partial charge < -0.3 is 0 Å². The lowest BCUT2D eigenvalue weighted by atomic mass is 9.81. The number of aryl methyl sites for hydroxylation is 1. The largest absolute Gasteiger partial charge is 0.293 e. The first-order chi connectivity index (χ1) is 14.7. The fourth-order valence-corrected chi connectivity index (χ4v) is 4.80. The number of piperidine rings is 2. The molecule has 0 amide bonds. The number of pyridine rings is 2. The van der Waals surface area contributed by atoms with Gasteiger partial charge in [0.1, 0.15) is 0 Å². The van der Waals surface area contributed by atoms with Gasteiger partial charge in [-0.15, -0.1) is 0 Å². The number of benzene rings is 1. The molecule has 2 aromatic heterocycles. The molecule has 30 heavy (non-hydrogen) atoms. The molecule has 3 fully saturated rings. The van der Waals surface area contributed by atoms with Crippen LogP contribution in [0, 0.1) is 24.2 Å². The molecule has 0 N–H and O–H groups in total. The van der Waals surface area contributed by atoms with E-state index in [2.05, 4.69) is 22.1 Å². The number of hydrazone groups is 1. The molecular weight excluding hydrogens is 370 g/mol. The van der Waals surface area contributed by atoms with Crippen molar-refractivity contribution in [3.63, 3.8) is 0 Å². The molecule has 2 bridgehead atoms. The highest BCUT2D eigenvalue weighted by molar-refractivity contribution is 6.02. The van der Waals surface area contributed by atoms with Gasteiger partial charge in [-0.1, -0.05) is 6.07 Å². The van der Waals surface area contributed by atoms with E-state index in [-0.39, 0.29) is 0 Å². The fourth-order valence-electron chi connectivity index (χ4n) is 4.80. The fraction of sp³-hybridized carbons (Fsp3) is 0.360. The van der Waals surface area contributed by atoms with Crippen molar-refractivity contribution in [2.45, 2.75) is 45.1 Å². The molecule has 4 heterocycles. The van der Waals surface area contributed by atoms with Gasteiger partial charge in [-0.3, -0.25) is 15.0 Å². The summed E-state index contributed by atoms with van der Waals surface area (Å²) in [5, 5.41) is 17.9. The summed E-state index contributed by atoms with van der Waals surface area (Å²) in [5.74, 6) is 0.769. The zero-order chi connectivity index (χ0) is 20.5. The third kappa shape index (κ3) is 3.66. The Labute approximate surface area is 177 Å². The van der Waals surface area contributed by atoms with E-state index >= 15 is 0 Å². The number of nitriles is 1. The predicted molar refractivity (Wildman–Crippen MR) is 118 cm³/mol. The van der Waals surface area contributed by atoms with Crippen LogP contribution in [0.3, 0.4) is 0 Å². The monoisotopic (exact) mass is 395 g/mol. The van der Waals surface area contributed by atoms with Crippen LogP contribution in [0.25, 0.3) is 10.9 Å². The molecule has 5 nitrogen and oxygen atoms in total. The van der Waals surface area contributed by atoms with Crippen molar-refractivity contribution >= 4 is 16.6 Å². The third-order valence-electron chi connectivity index (χ3n) is 6.44. The predicted octanol–water partition coefficient (Wildman–Crippen LogP) is 4.63. The van der Waals surface area contributed by atoms with Crippen molar-refractivity contribution < 1.29 is 0 Å². The number of nitrogens with zero attached hydrogens (tertiary/aromatic N) is 5. The van der Waals surface area contributed by atoms with Crippen LogP contribution < -0.4 is 0 Å². The van der Waals surface area contributed by atoms with E-state index in [0.717, 1.165) is 46.0 Å². The topological polar surface area (TPSA) is 65.2 Å². The first-order valence-electron chi connectivity index (χ1n) is 10.8. The number of rotatable bonds is 4. The number of hydrogen-bond acceptors (Lipinski definition) is 5. The van der Waals surface area contributed by atoms with Crippen LogP contribution in [0.15, 0.2) is 53.8 Å². The Kier molecular flexibility index (Phi) is 4.92. The van der Waals surface area contributed by atoms with Crippen LogP contribution >= 0.6 is 0 Å². The Bertz CT molecular complexity index is 1150. The Balaban J connectivity index is 1.57.